The van der Waals surface area contributed by atoms with Gasteiger partial charge in [-0.3, -0.25) is 0 Å². The van der Waals surface area contributed by atoms with Gasteiger partial charge in [-0.15, -0.1) is 0 Å². The Morgan fingerprint density at radius 1 is 1.37 bits per heavy atom. The van der Waals surface area contributed by atoms with E-state index < -0.39 is 9.84 Å². The van der Waals surface area contributed by atoms with Crippen LogP contribution in [0.2, 0.25) is 0 Å². The molecule has 0 radical (unpaired) electrons. The number of ether oxygens (including phenoxy) is 1. The molecule has 1 aliphatic heterocycles. The van der Waals surface area contributed by atoms with Crippen molar-refractivity contribution in [3.05, 3.63) is 27.1 Å². The van der Waals surface area contributed by atoms with Gasteiger partial charge in [0.2, 0.25) is 0 Å². The first kappa shape index (κ1) is 15.3. The third kappa shape index (κ3) is 4.73. The third-order valence-corrected chi connectivity index (χ3v) is 5.80. The van der Waals surface area contributed by atoms with Crippen LogP contribution in [0.4, 0.5) is 0 Å². The lowest BCUT2D eigenvalue weighted by atomic mass is 10.3. The van der Waals surface area contributed by atoms with Gasteiger partial charge in [-0.1, -0.05) is 15.9 Å². The van der Waals surface area contributed by atoms with Gasteiger partial charge in [-0.2, -0.15) is 0 Å². The van der Waals surface area contributed by atoms with Crippen LogP contribution in [0.15, 0.2) is 27.1 Å². The van der Waals surface area contributed by atoms with Crippen molar-refractivity contribution in [2.24, 2.45) is 0 Å². The minimum Gasteiger partial charge on any atom is -0.491 e. The molecule has 0 spiro atoms. The van der Waals surface area contributed by atoms with E-state index in [1.165, 1.54) is 0 Å². The molecular weight excluding hydrogens is 398 g/mol. The van der Waals surface area contributed by atoms with Crippen LogP contribution in [0.1, 0.15) is 6.42 Å². The van der Waals surface area contributed by atoms with E-state index in [0.29, 0.717) is 25.3 Å². The van der Waals surface area contributed by atoms with Crippen LogP contribution in [-0.2, 0) is 9.84 Å². The van der Waals surface area contributed by atoms with Crippen LogP contribution in [0.3, 0.4) is 0 Å². The molecule has 0 bridgehead atoms. The number of hydrogen-bond donors (Lipinski definition) is 1. The van der Waals surface area contributed by atoms with Crippen molar-refractivity contribution >= 4 is 41.7 Å². The molecule has 1 atom stereocenters. The van der Waals surface area contributed by atoms with Crippen LogP contribution >= 0.6 is 31.9 Å². The van der Waals surface area contributed by atoms with E-state index in [9.17, 15) is 8.42 Å². The summed E-state index contributed by atoms with van der Waals surface area (Å²) in [6.45, 7) is 1.15. The Morgan fingerprint density at radius 3 is 2.79 bits per heavy atom. The quantitative estimate of drug-likeness (QED) is 0.754. The smallest absolute Gasteiger partial charge is 0.151 e. The summed E-state index contributed by atoms with van der Waals surface area (Å²) in [6, 6.07) is 5.79. The van der Waals surface area contributed by atoms with E-state index in [1.807, 2.05) is 18.2 Å². The lowest BCUT2D eigenvalue weighted by Gasteiger charge is -2.12. The van der Waals surface area contributed by atoms with Crippen LogP contribution in [0.5, 0.6) is 5.75 Å². The van der Waals surface area contributed by atoms with E-state index in [2.05, 4.69) is 37.2 Å². The van der Waals surface area contributed by atoms with Gasteiger partial charge in [0.05, 0.1) is 16.0 Å². The highest BCUT2D eigenvalue weighted by atomic mass is 79.9. The number of rotatable bonds is 5. The number of benzene rings is 1. The van der Waals surface area contributed by atoms with E-state index in [4.69, 9.17) is 4.74 Å². The van der Waals surface area contributed by atoms with Crippen LogP contribution in [0.25, 0.3) is 0 Å². The molecule has 1 fully saturated rings. The fourth-order valence-electron chi connectivity index (χ4n) is 1.97. The molecule has 0 amide bonds. The second kappa shape index (κ2) is 6.56. The number of halogens is 2. The maximum atomic E-state index is 11.3. The number of nitrogens with one attached hydrogen (secondary N) is 1. The summed E-state index contributed by atoms with van der Waals surface area (Å²) in [4.78, 5) is 0. The van der Waals surface area contributed by atoms with Crippen molar-refractivity contribution < 1.29 is 13.2 Å². The van der Waals surface area contributed by atoms with Crippen molar-refractivity contribution in [3.8, 4) is 5.75 Å². The third-order valence-electron chi connectivity index (χ3n) is 2.92. The molecule has 106 valence electrons. The largest absolute Gasteiger partial charge is 0.491 e. The van der Waals surface area contributed by atoms with E-state index >= 15 is 0 Å². The van der Waals surface area contributed by atoms with Crippen LogP contribution in [-0.4, -0.2) is 39.1 Å². The van der Waals surface area contributed by atoms with Gasteiger partial charge in [0, 0.05) is 17.1 Å². The molecule has 0 aromatic heterocycles. The Kier molecular flexibility index (Phi) is 5.28. The Bertz CT molecular complexity index is 548. The van der Waals surface area contributed by atoms with E-state index in [1.54, 1.807) is 0 Å². The van der Waals surface area contributed by atoms with Crippen molar-refractivity contribution in [2.45, 2.75) is 12.5 Å². The molecule has 0 saturated carbocycles. The van der Waals surface area contributed by atoms with Gasteiger partial charge in [-0.05, 0) is 40.5 Å². The summed E-state index contributed by atoms with van der Waals surface area (Å²) in [6.07, 6.45) is 0.699. The lowest BCUT2D eigenvalue weighted by molar-refractivity contribution is 0.305. The SMILES string of the molecule is O=S1(=O)CCC(NCCOc2ccc(Br)cc2Br)C1. The number of sulfone groups is 1. The molecule has 4 nitrogen and oxygen atoms in total. The molecule has 2 rings (SSSR count). The van der Waals surface area contributed by atoms with E-state index in [0.717, 1.165) is 14.7 Å². The van der Waals surface area contributed by atoms with E-state index in [-0.39, 0.29) is 11.8 Å². The predicted molar refractivity (Wildman–Crippen MR) is 82.4 cm³/mol. The first-order valence-corrected chi connectivity index (χ1v) is 9.39. The Hall–Kier alpha value is -0.110. The Labute approximate surface area is 130 Å². The normalized spacial score (nSPS) is 21.5. The topological polar surface area (TPSA) is 55.4 Å². The van der Waals surface area contributed by atoms with Gasteiger partial charge >= 0.3 is 0 Å². The molecular formula is C12H15Br2NO3S. The highest BCUT2D eigenvalue weighted by Gasteiger charge is 2.27. The van der Waals surface area contributed by atoms with Crippen molar-refractivity contribution in [1.29, 1.82) is 0 Å². The molecule has 1 aromatic rings. The van der Waals surface area contributed by atoms with Gasteiger partial charge < -0.3 is 10.1 Å². The summed E-state index contributed by atoms with van der Waals surface area (Å²) in [5.41, 5.74) is 0. The molecule has 1 heterocycles. The first-order chi connectivity index (χ1) is 8.96. The zero-order chi connectivity index (χ0) is 13.9. The van der Waals surface area contributed by atoms with Gasteiger partial charge in [-0.25, -0.2) is 8.42 Å². The predicted octanol–water partition coefficient (Wildman–Crippen LogP) is 2.37. The highest BCUT2D eigenvalue weighted by molar-refractivity contribution is 9.11. The highest BCUT2D eigenvalue weighted by Crippen LogP contribution is 2.28. The summed E-state index contributed by atoms with van der Waals surface area (Å²) in [5, 5.41) is 3.21. The van der Waals surface area contributed by atoms with Crippen molar-refractivity contribution in [2.75, 3.05) is 24.7 Å². The summed E-state index contributed by atoms with van der Waals surface area (Å²) in [5.74, 6) is 1.32. The lowest BCUT2D eigenvalue weighted by Crippen LogP contribution is -2.33. The zero-order valence-corrected chi connectivity index (χ0v) is 14.2. The maximum absolute atomic E-state index is 11.3. The van der Waals surface area contributed by atoms with Crippen molar-refractivity contribution in [3.63, 3.8) is 0 Å². The minimum atomic E-state index is -2.81. The fraction of sp³-hybridized carbons (Fsp3) is 0.500. The standard InChI is InChI=1S/C12H15Br2NO3S/c13-9-1-2-12(11(14)7-9)18-5-4-15-10-3-6-19(16,17)8-10/h1-2,7,10,15H,3-6,8H2. The average Bonchev–Trinajstić information content (AvgIpc) is 2.67. The van der Waals surface area contributed by atoms with Crippen molar-refractivity contribution in [1.82, 2.24) is 5.32 Å². The molecule has 1 saturated heterocycles. The summed E-state index contributed by atoms with van der Waals surface area (Å²) >= 11 is 6.80. The first-order valence-electron chi connectivity index (χ1n) is 5.98. The van der Waals surface area contributed by atoms with Crippen LogP contribution in [0, 0.1) is 0 Å². The fourth-order valence-corrected chi connectivity index (χ4v) is 4.84. The van der Waals surface area contributed by atoms with Gasteiger partial charge in [0.25, 0.3) is 0 Å². The van der Waals surface area contributed by atoms with Crippen LogP contribution < -0.4 is 10.1 Å². The molecule has 1 N–H and O–H groups in total. The molecule has 1 unspecified atom stereocenters. The second-order valence-corrected chi connectivity index (χ2v) is 8.48. The monoisotopic (exact) mass is 411 g/mol. The molecule has 1 aliphatic rings. The molecule has 0 aliphatic carbocycles. The molecule has 7 heteroatoms. The Morgan fingerprint density at radius 2 is 2.16 bits per heavy atom. The molecule has 1 aromatic carbocycles. The Balaban J connectivity index is 1.72. The average molecular weight is 413 g/mol. The zero-order valence-electron chi connectivity index (χ0n) is 10.2. The minimum absolute atomic E-state index is 0.0713. The second-order valence-electron chi connectivity index (χ2n) is 4.48. The number of hydrogen-bond acceptors (Lipinski definition) is 4. The summed E-state index contributed by atoms with van der Waals surface area (Å²) in [7, 11) is -2.81. The molecule has 19 heavy (non-hydrogen) atoms. The maximum Gasteiger partial charge on any atom is 0.151 e. The van der Waals surface area contributed by atoms with Gasteiger partial charge in [0.15, 0.2) is 9.84 Å². The van der Waals surface area contributed by atoms with Gasteiger partial charge in [0.1, 0.15) is 12.4 Å². The summed E-state index contributed by atoms with van der Waals surface area (Å²) < 4.78 is 30.1.